The molecule has 0 aliphatic heterocycles. The van der Waals surface area contributed by atoms with E-state index in [1.54, 1.807) is 12.1 Å². The molecule has 0 atom stereocenters. The summed E-state index contributed by atoms with van der Waals surface area (Å²) in [4.78, 5) is 0.896. The van der Waals surface area contributed by atoms with Gasteiger partial charge in [-0.1, -0.05) is 23.2 Å². The van der Waals surface area contributed by atoms with Gasteiger partial charge in [0.1, 0.15) is 0 Å². The molecule has 66 valence electrons. The quantitative estimate of drug-likeness (QED) is 0.777. The first kappa shape index (κ1) is 10.2. The van der Waals surface area contributed by atoms with Crippen molar-refractivity contribution in [2.75, 3.05) is 6.26 Å². The minimum Gasteiger partial charge on any atom is -0.392 e. The van der Waals surface area contributed by atoms with Gasteiger partial charge < -0.3 is 5.11 Å². The first-order chi connectivity index (χ1) is 5.69. The molecule has 12 heavy (non-hydrogen) atoms. The Kier molecular flexibility index (Phi) is 3.72. The number of aliphatic hydroxyl groups is 1. The highest BCUT2D eigenvalue weighted by molar-refractivity contribution is 7.98. The first-order valence-electron chi connectivity index (χ1n) is 3.31. The van der Waals surface area contributed by atoms with E-state index < -0.39 is 0 Å². The van der Waals surface area contributed by atoms with Crippen molar-refractivity contribution in [3.63, 3.8) is 0 Å². The van der Waals surface area contributed by atoms with Crippen LogP contribution >= 0.6 is 35.0 Å². The Balaban J connectivity index is 3.22. The molecule has 1 N–H and O–H groups in total. The van der Waals surface area contributed by atoms with Crippen molar-refractivity contribution in [3.8, 4) is 0 Å². The Morgan fingerprint density at radius 3 is 2.58 bits per heavy atom. The van der Waals surface area contributed by atoms with Crippen LogP contribution in [0.3, 0.4) is 0 Å². The molecule has 0 radical (unpaired) electrons. The smallest absolute Gasteiger partial charge is 0.0697 e. The number of benzene rings is 1. The summed E-state index contributed by atoms with van der Waals surface area (Å²) >= 11 is 13.2. The van der Waals surface area contributed by atoms with Gasteiger partial charge in [0.2, 0.25) is 0 Å². The van der Waals surface area contributed by atoms with E-state index in [-0.39, 0.29) is 6.61 Å². The average Bonchev–Trinajstić information content (AvgIpc) is 2.08. The molecule has 0 aliphatic carbocycles. The summed E-state index contributed by atoms with van der Waals surface area (Å²) in [5.74, 6) is 0. The number of hydrogen-bond donors (Lipinski definition) is 1. The summed E-state index contributed by atoms with van der Waals surface area (Å²) in [6, 6.07) is 3.46. The van der Waals surface area contributed by atoms with E-state index in [1.807, 2.05) is 6.26 Å². The van der Waals surface area contributed by atoms with Crippen molar-refractivity contribution >= 4 is 35.0 Å². The van der Waals surface area contributed by atoms with Crippen molar-refractivity contribution in [2.24, 2.45) is 0 Å². The zero-order valence-electron chi connectivity index (χ0n) is 6.47. The van der Waals surface area contributed by atoms with Gasteiger partial charge in [0.25, 0.3) is 0 Å². The fraction of sp³-hybridized carbons (Fsp3) is 0.250. The van der Waals surface area contributed by atoms with E-state index in [9.17, 15) is 0 Å². The van der Waals surface area contributed by atoms with Gasteiger partial charge in [-0.15, -0.1) is 11.8 Å². The molecule has 4 heteroatoms. The lowest BCUT2D eigenvalue weighted by Gasteiger charge is -2.05. The second-order valence-corrected chi connectivity index (χ2v) is 3.90. The van der Waals surface area contributed by atoms with Crippen molar-refractivity contribution in [2.45, 2.75) is 11.5 Å². The summed E-state index contributed by atoms with van der Waals surface area (Å²) < 4.78 is 0. The summed E-state index contributed by atoms with van der Waals surface area (Å²) in [5, 5.41) is 10.1. The maximum atomic E-state index is 8.91. The van der Waals surface area contributed by atoms with Crippen LogP contribution in [0.2, 0.25) is 10.0 Å². The number of rotatable bonds is 2. The summed E-state index contributed by atoms with van der Waals surface area (Å²) in [7, 11) is 0. The van der Waals surface area contributed by atoms with Gasteiger partial charge in [0, 0.05) is 9.92 Å². The van der Waals surface area contributed by atoms with E-state index >= 15 is 0 Å². The fourth-order valence-corrected chi connectivity index (χ4v) is 2.14. The molecule has 0 heterocycles. The van der Waals surface area contributed by atoms with Gasteiger partial charge in [-0.3, -0.25) is 0 Å². The highest BCUT2D eigenvalue weighted by Gasteiger charge is 2.06. The lowest BCUT2D eigenvalue weighted by atomic mass is 10.2. The van der Waals surface area contributed by atoms with Crippen LogP contribution in [0, 0.1) is 0 Å². The van der Waals surface area contributed by atoms with Crippen molar-refractivity contribution in [1.29, 1.82) is 0 Å². The molecule has 0 saturated heterocycles. The summed E-state index contributed by atoms with van der Waals surface area (Å²) in [6.45, 7) is -0.0764. The van der Waals surface area contributed by atoms with E-state index in [0.29, 0.717) is 15.6 Å². The number of hydrogen-bond acceptors (Lipinski definition) is 2. The van der Waals surface area contributed by atoms with E-state index in [2.05, 4.69) is 0 Å². The molecule has 0 fully saturated rings. The highest BCUT2D eigenvalue weighted by atomic mass is 35.5. The normalized spacial score (nSPS) is 10.3. The zero-order chi connectivity index (χ0) is 9.14. The van der Waals surface area contributed by atoms with Crippen LogP contribution in [0.15, 0.2) is 17.0 Å². The van der Waals surface area contributed by atoms with Crippen molar-refractivity contribution in [1.82, 2.24) is 0 Å². The molecule has 0 amide bonds. The van der Waals surface area contributed by atoms with Crippen molar-refractivity contribution < 1.29 is 5.11 Å². The maximum absolute atomic E-state index is 8.91. The molecule has 0 bridgehead atoms. The second-order valence-electron chi connectivity index (χ2n) is 2.24. The van der Waals surface area contributed by atoms with Gasteiger partial charge in [0.15, 0.2) is 0 Å². The topological polar surface area (TPSA) is 20.2 Å². The molecule has 1 aromatic rings. The molecule has 0 unspecified atom stereocenters. The van der Waals surface area contributed by atoms with Crippen LogP contribution in [-0.2, 0) is 6.61 Å². The van der Waals surface area contributed by atoms with Crippen LogP contribution < -0.4 is 0 Å². The van der Waals surface area contributed by atoms with Gasteiger partial charge in [-0.2, -0.15) is 0 Å². The van der Waals surface area contributed by atoms with Crippen LogP contribution in [0.1, 0.15) is 5.56 Å². The van der Waals surface area contributed by atoms with Crippen LogP contribution in [0.25, 0.3) is 0 Å². The van der Waals surface area contributed by atoms with Crippen LogP contribution in [0.4, 0.5) is 0 Å². The Morgan fingerprint density at radius 1 is 1.42 bits per heavy atom. The SMILES string of the molecule is CSc1cc(Cl)cc(CO)c1Cl. The third-order valence-electron chi connectivity index (χ3n) is 1.47. The maximum Gasteiger partial charge on any atom is 0.0697 e. The van der Waals surface area contributed by atoms with Crippen molar-refractivity contribution in [3.05, 3.63) is 27.7 Å². The predicted molar refractivity (Wildman–Crippen MR) is 54.2 cm³/mol. The Hall–Kier alpha value is 0.110. The van der Waals surface area contributed by atoms with Gasteiger partial charge in [0.05, 0.1) is 11.6 Å². The molecular weight excluding hydrogens is 215 g/mol. The second kappa shape index (κ2) is 4.38. The zero-order valence-corrected chi connectivity index (χ0v) is 8.80. The largest absolute Gasteiger partial charge is 0.392 e. The first-order valence-corrected chi connectivity index (χ1v) is 5.30. The Morgan fingerprint density at radius 2 is 2.08 bits per heavy atom. The molecule has 1 aromatic carbocycles. The minimum absolute atomic E-state index is 0.0764. The fourth-order valence-electron chi connectivity index (χ4n) is 0.882. The van der Waals surface area contributed by atoms with Gasteiger partial charge >= 0.3 is 0 Å². The van der Waals surface area contributed by atoms with Crippen LogP contribution in [-0.4, -0.2) is 11.4 Å². The Labute approximate surface area is 85.7 Å². The Bertz CT molecular complexity index is 263. The lowest BCUT2D eigenvalue weighted by Crippen LogP contribution is -1.87. The highest BCUT2D eigenvalue weighted by Crippen LogP contribution is 2.31. The van der Waals surface area contributed by atoms with Crippen LogP contribution in [0.5, 0.6) is 0 Å². The van der Waals surface area contributed by atoms with E-state index in [0.717, 1.165) is 4.90 Å². The third-order valence-corrected chi connectivity index (χ3v) is 3.01. The third kappa shape index (κ3) is 2.07. The number of thioether (sulfide) groups is 1. The molecule has 0 spiro atoms. The minimum atomic E-state index is -0.0764. The average molecular weight is 223 g/mol. The predicted octanol–water partition coefficient (Wildman–Crippen LogP) is 3.21. The van der Waals surface area contributed by atoms with Gasteiger partial charge in [-0.25, -0.2) is 0 Å². The molecular formula is C8H8Cl2OS. The lowest BCUT2D eigenvalue weighted by molar-refractivity contribution is 0.281. The molecule has 0 aromatic heterocycles. The molecule has 0 aliphatic rings. The monoisotopic (exact) mass is 222 g/mol. The summed E-state index contributed by atoms with van der Waals surface area (Å²) in [6.07, 6.45) is 1.92. The number of aliphatic hydroxyl groups excluding tert-OH is 1. The van der Waals surface area contributed by atoms with E-state index in [1.165, 1.54) is 11.8 Å². The molecule has 1 nitrogen and oxygen atoms in total. The number of halogens is 2. The summed E-state index contributed by atoms with van der Waals surface area (Å²) in [5.41, 5.74) is 0.675. The molecule has 0 saturated carbocycles. The standard InChI is InChI=1S/C8H8Cl2OS/c1-12-7-3-6(9)2-5(4-11)8(7)10/h2-3,11H,4H2,1H3. The van der Waals surface area contributed by atoms with Gasteiger partial charge in [-0.05, 0) is 24.0 Å². The van der Waals surface area contributed by atoms with E-state index in [4.69, 9.17) is 28.3 Å². The molecule has 1 rings (SSSR count).